The van der Waals surface area contributed by atoms with E-state index in [1.165, 1.54) is 24.3 Å². The number of carbonyl (C=O) groups is 1. The minimum Gasteiger partial charge on any atom is -0.322 e. The quantitative estimate of drug-likeness (QED) is 0.748. The summed E-state index contributed by atoms with van der Waals surface area (Å²) in [6.45, 7) is 5.82. The van der Waals surface area contributed by atoms with Crippen LogP contribution in [0, 0.1) is 20.8 Å². The molecule has 3 rings (SSSR count). The Morgan fingerprint density at radius 3 is 2.14 bits per heavy atom. The molecule has 0 saturated carbocycles. The van der Waals surface area contributed by atoms with E-state index < -0.39 is 25.9 Å². The summed E-state index contributed by atoms with van der Waals surface area (Å²) in [4.78, 5) is 12.6. The number of benzene rings is 2. The molecule has 0 bridgehead atoms. The summed E-state index contributed by atoms with van der Waals surface area (Å²) in [7, 11) is -7.05. The second kappa shape index (κ2) is 7.89. The fraction of sp³-hybridized carbons (Fsp3) is 0.350. The minimum atomic E-state index is -3.86. The van der Waals surface area contributed by atoms with Crippen LogP contribution in [0.15, 0.2) is 41.3 Å². The molecule has 156 valence electrons. The third kappa shape index (κ3) is 5.04. The maximum Gasteiger partial charge on any atom is 0.255 e. The molecule has 1 fully saturated rings. The van der Waals surface area contributed by atoms with Gasteiger partial charge in [-0.1, -0.05) is 17.7 Å². The Morgan fingerprint density at radius 2 is 1.62 bits per heavy atom. The lowest BCUT2D eigenvalue weighted by molar-refractivity contribution is 0.102. The standard InChI is InChI=1S/C20H24N2O5S2/c1-13-10-14(2)19(15(3)11-13)21-20(23)16-4-6-18(7-5-16)29(26,27)22-17-8-9-28(24,25)12-17/h4-7,10-11,17,22H,8-9,12H2,1-3H3,(H,21,23). The maximum absolute atomic E-state index is 12.6. The zero-order valence-corrected chi connectivity index (χ0v) is 18.2. The zero-order chi connectivity index (χ0) is 21.4. The monoisotopic (exact) mass is 436 g/mol. The molecule has 0 aliphatic carbocycles. The molecule has 1 aliphatic heterocycles. The molecule has 0 aromatic heterocycles. The number of sulfone groups is 1. The number of hydrogen-bond donors (Lipinski definition) is 2. The van der Waals surface area contributed by atoms with Gasteiger partial charge in [-0.05, 0) is 62.6 Å². The van der Waals surface area contributed by atoms with Crippen molar-refractivity contribution in [1.82, 2.24) is 4.72 Å². The lowest BCUT2D eigenvalue weighted by atomic mass is 10.0. The van der Waals surface area contributed by atoms with Gasteiger partial charge in [0.2, 0.25) is 10.0 Å². The van der Waals surface area contributed by atoms with Gasteiger partial charge in [0, 0.05) is 17.3 Å². The van der Waals surface area contributed by atoms with Gasteiger partial charge in [-0.25, -0.2) is 21.6 Å². The summed E-state index contributed by atoms with van der Waals surface area (Å²) in [5.41, 5.74) is 4.07. The molecule has 0 radical (unpaired) electrons. The Labute approximate surface area is 171 Å². The van der Waals surface area contributed by atoms with Gasteiger partial charge in [0.15, 0.2) is 9.84 Å². The summed E-state index contributed by atoms with van der Waals surface area (Å²) in [6, 6.07) is 8.90. The Morgan fingerprint density at radius 1 is 1.03 bits per heavy atom. The molecule has 2 aromatic carbocycles. The number of amides is 1. The van der Waals surface area contributed by atoms with Gasteiger partial charge in [-0.2, -0.15) is 0 Å². The van der Waals surface area contributed by atoms with Gasteiger partial charge in [-0.3, -0.25) is 4.79 Å². The molecule has 1 amide bonds. The van der Waals surface area contributed by atoms with E-state index in [1.54, 1.807) is 0 Å². The Kier molecular flexibility index (Phi) is 5.84. The van der Waals surface area contributed by atoms with Gasteiger partial charge >= 0.3 is 0 Å². The molecular formula is C20H24N2O5S2. The lowest BCUT2D eigenvalue weighted by Crippen LogP contribution is -2.35. The first-order valence-corrected chi connectivity index (χ1v) is 12.5. The van der Waals surface area contributed by atoms with Gasteiger partial charge in [0.25, 0.3) is 5.91 Å². The molecule has 1 heterocycles. The number of rotatable bonds is 5. The Balaban J connectivity index is 1.73. The summed E-state index contributed by atoms with van der Waals surface area (Å²) in [5, 5.41) is 2.88. The average molecular weight is 437 g/mol. The molecule has 29 heavy (non-hydrogen) atoms. The second-order valence-corrected chi connectivity index (χ2v) is 11.4. The van der Waals surface area contributed by atoms with Crippen LogP contribution in [0.1, 0.15) is 33.5 Å². The van der Waals surface area contributed by atoms with Crippen molar-refractivity contribution >= 4 is 31.5 Å². The summed E-state index contributed by atoms with van der Waals surface area (Å²) >= 11 is 0. The molecule has 2 N–H and O–H groups in total. The van der Waals surface area contributed by atoms with Crippen LogP contribution in [0.2, 0.25) is 0 Å². The summed E-state index contributed by atoms with van der Waals surface area (Å²) in [6.07, 6.45) is 0.261. The topological polar surface area (TPSA) is 109 Å². The van der Waals surface area contributed by atoms with Crippen LogP contribution < -0.4 is 10.0 Å². The normalized spacial score (nSPS) is 18.5. The number of hydrogen-bond acceptors (Lipinski definition) is 5. The molecule has 2 aromatic rings. The number of nitrogens with one attached hydrogen (secondary N) is 2. The third-order valence-electron chi connectivity index (χ3n) is 4.90. The maximum atomic E-state index is 12.6. The highest BCUT2D eigenvalue weighted by Gasteiger charge is 2.31. The van der Waals surface area contributed by atoms with Gasteiger partial charge < -0.3 is 5.32 Å². The van der Waals surface area contributed by atoms with Crippen molar-refractivity contribution in [3.05, 3.63) is 58.7 Å². The number of carbonyl (C=O) groups excluding carboxylic acids is 1. The van der Waals surface area contributed by atoms with Crippen LogP contribution in [0.3, 0.4) is 0 Å². The van der Waals surface area contributed by atoms with E-state index in [1.807, 2.05) is 32.9 Å². The third-order valence-corrected chi connectivity index (χ3v) is 8.20. The predicted octanol–water partition coefficient (Wildman–Crippen LogP) is 2.33. The van der Waals surface area contributed by atoms with Crippen molar-refractivity contribution in [2.75, 3.05) is 16.8 Å². The second-order valence-electron chi connectivity index (χ2n) is 7.47. The molecule has 7 nitrogen and oxygen atoms in total. The first-order chi connectivity index (χ1) is 13.5. The predicted molar refractivity (Wildman–Crippen MR) is 112 cm³/mol. The minimum absolute atomic E-state index is 0.0129. The zero-order valence-electron chi connectivity index (χ0n) is 16.5. The van der Waals surface area contributed by atoms with Crippen LogP contribution in [-0.2, 0) is 19.9 Å². The molecule has 1 aliphatic rings. The highest BCUT2D eigenvalue weighted by atomic mass is 32.2. The smallest absolute Gasteiger partial charge is 0.255 e. The van der Waals surface area contributed by atoms with E-state index >= 15 is 0 Å². The van der Waals surface area contributed by atoms with E-state index in [9.17, 15) is 21.6 Å². The molecule has 1 unspecified atom stereocenters. The van der Waals surface area contributed by atoms with Crippen molar-refractivity contribution in [2.24, 2.45) is 0 Å². The van der Waals surface area contributed by atoms with Crippen LogP contribution >= 0.6 is 0 Å². The van der Waals surface area contributed by atoms with Crippen molar-refractivity contribution in [1.29, 1.82) is 0 Å². The summed E-state index contributed by atoms with van der Waals surface area (Å²) in [5.74, 6) is -0.544. The fourth-order valence-corrected chi connectivity index (χ4v) is 6.57. The SMILES string of the molecule is Cc1cc(C)c(NC(=O)c2ccc(S(=O)(=O)NC3CCS(=O)(=O)C3)cc2)c(C)c1. The highest BCUT2D eigenvalue weighted by molar-refractivity contribution is 7.92. The van der Waals surface area contributed by atoms with Crippen LogP contribution in [0.5, 0.6) is 0 Å². The number of aryl methyl sites for hydroxylation is 3. The van der Waals surface area contributed by atoms with E-state index in [4.69, 9.17) is 0 Å². The number of anilines is 1. The molecular weight excluding hydrogens is 412 g/mol. The first-order valence-electron chi connectivity index (χ1n) is 9.19. The van der Waals surface area contributed by atoms with Crippen molar-refractivity contribution in [3.8, 4) is 0 Å². The molecule has 1 saturated heterocycles. The van der Waals surface area contributed by atoms with Crippen molar-refractivity contribution < 1.29 is 21.6 Å². The largest absolute Gasteiger partial charge is 0.322 e. The van der Waals surface area contributed by atoms with Crippen molar-refractivity contribution in [3.63, 3.8) is 0 Å². The first kappa shape index (κ1) is 21.5. The van der Waals surface area contributed by atoms with Crippen molar-refractivity contribution in [2.45, 2.75) is 38.1 Å². The van der Waals surface area contributed by atoms with E-state index in [-0.39, 0.29) is 28.7 Å². The van der Waals surface area contributed by atoms with Crippen LogP contribution in [0.4, 0.5) is 5.69 Å². The van der Waals surface area contributed by atoms with E-state index in [0.717, 1.165) is 22.4 Å². The molecule has 0 spiro atoms. The van der Waals surface area contributed by atoms with E-state index in [2.05, 4.69) is 10.0 Å². The van der Waals surface area contributed by atoms with Gasteiger partial charge in [0.05, 0.1) is 16.4 Å². The summed E-state index contributed by atoms with van der Waals surface area (Å²) < 4.78 is 50.4. The molecule has 9 heteroatoms. The highest BCUT2D eigenvalue weighted by Crippen LogP contribution is 2.23. The average Bonchev–Trinajstić information content (AvgIpc) is 2.95. The lowest BCUT2D eigenvalue weighted by Gasteiger charge is -2.14. The fourth-order valence-electron chi connectivity index (χ4n) is 3.52. The Bertz CT molecular complexity index is 1130. The van der Waals surface area contributed by atoms with E-state index in [0.29, 0.717) is 5.56 Å². The van der Waals surface area contributed by atoms with Gasteiger partial charge in [0.1, 0.15) is 0 Å². The van der Waals surface area contributed by atoms with Crippen LogP contribution in [0.25, 0.3) is 0 Å². The Hall–Kier alpha value is -2.23. The van der Waals surface area contributed by atoms with Crippen LogP contribution in [-0.4, -0.2) is 40.3 Å². The van der Waals surface area contributed by atoms with Gasteiger partial charge in [-0.15, -0.1) is 0 Å². The molecule has 1 atom stereocenters. The number of sulfonamides is 1.